The van der Waals surface area contributed by atoms with Crippen LogP contribution in [-0.2, 0) is 9.53 Å². The van der Waals surface area contributed by atoms with E-state index in [0.717, 1.165) is 37.7 Å². The minimum Gasteiger partial charge on any atom is -0.492 e. The van der Waals surface area contributed by atoms with Crippen LogP contribution in [0.2, 0.25) is 0 Å². The first-order valence-corrected chi connectivity index (χ1v) is 12.7. The predicted octanol–water partition coefficient (Wildman–Crippen LogP) is 7.23. The number of hydrogen-bond acceptors (Lipinski definition) is 3. The van der Waals surface area contributed by atoms with Crippen molar-refractivity contribution in [3.05, 3.63) is 46.3 Å². The van der Waals surface area contributed by atoms with Gasteiger partial charge in [-0.25, -0.2) is 0 Å². The van der Waals surface area contributed by atoms with E-state index in [-0.39, 0.29) is 27.4 Å². The summed E-state index contributed by atoms with van der Waals surface area (Å²) in [5.74, 6) is 1.02. The third-order valence-corrected chi connectivity index (χ3v) is 11.3. The number of methoxy groups -OCH3 is 1. The van der Waals surface area contributed by atoms with E-state index >= 15 is 0 Å². The molecule has 5 aliphatic carbocycles. The number of nitrogens with zero attached hydrogens (tertiary/aromatic N) is 1. The molecule has 0 N–H and O–H groups in total. The summed E-state index contributed by atoms with van der Waals surface area (Å²) in [6.45, 7) is 14.1. The number of hydrogen-bond donors (Lipinski definition) is 0. The van der Waals surface area contributed by atoms with Gasteiger partial charge in [0.05, 0.1) is 18.6 Å². The molecule has 0 aromatic carbocycles. The molecule has 3 fully saturated rings. The molecule has 0 amide bonds. The van der Waals surface area contributed by atoms with Crippen molar-refractivity contribution < 1.29 is 9.53 Å². The van der Waals surface area contributed by atoms with Gasteiger partial charge in [-0.05, 0) is 98.2 Å². The zero-order chi connectivity index (χ0) is 24.0. The Morgan fingerprint density at radius 3 is 2.36 bits per heavy atom. The Labute approximate surface area is 199 Å². The van der Waals surface area contributed by atoms with E-state index in [4.69, 9.17) is 4.74 Å². The van der Waals surface area contributed by atoms with Crippen LogP contribution in [0.15, 0.2) is 46.3 Å². The quantitative estimate of drug-likeness (QED) is 0.428. The molecule has 0 unspecified atom stereocenters. The van der Waals surface area contributed by atoms with Crippen molar-refractivity contribution in [1.82, 2.24) is 0 Å². The maximum Gasteiger partial charge on any atom is 0.220 e. The van der Waals surface area contributed by atoms with E-state index in [9.17, 15) is 10.1 Å². The average molecular weight is 446 g/mol. The van der Waals surface area contributed by atoms with Gasteiger partial charge in [-0.3, -0.25) is 4.79 Å². The van der Waals surface area contributed by atoms with Gasteiger partial charge in [0.2, 0.25) is 5.78 Å². The monoisotopic (exact) mass is 445 g/mol. The summed E-state index contributed by atoms with van der Waals surface area (Å²) in [6, 6.07) is 2.69. The van der Waals surface area contributed by atoms with E-state index < -0.39 is 0 Å². The van der Waals surface area contributed by atoms with Gasteiger partial charge in [-0.2, -0.15) is 5.26 Å². The molecule has 0 saturated heterocycles. The normalized spacial score (nSPS) is 46.5. The molecule has 3 nitrogen and oxygen atoms in total. The molecule has 0 aromatic rings. The third-order valence-electron chi connectivity index (χ3n) is 11.3. The van der Waals surface area contributed by atoms with Crippen LogP contribution in [0.3, 0.4) is 0 Å². The first-order valence-electron chi connectivity index (χ1n) is 12.7. The van der Waals surface area contributed by atoms with Crippen molar-refractivity contribution in [3.8, 4) is 6.07 Å². The van der Waals surface area contributed by atoms with Crippen molar-refractivity contribution >= 4 is 5.78 Å². The van der Waals surface area contributed by atoms with Crippen molar-refractivity contribution in [2.75, 3.05) is 7.11 Å². The fourth-order valence-corrected chi connectivity index (χ4v) is 8.80. The number of ether oxygens (including phenoxy) is 1. The predicted molar refractivity (Wildman–Crippen MR) is 131 cm³/mol. The molecular weight excluding hydrogens is 406 g/mol. The second-order valence-electron chi connectivity index (χ2n) is 12.9. The second-order valence-corrected chi connectivity index (χ2v) is 12.9. The van der Waals surface area contributed by atoms with Crippen molar-refractivity contribution in [2.45, 2.75) is 86.5 Å². The number of allylic oxidation sites excluding steroid dienone is 7. The van der Waals surface area contributed by atoms with Gasteiger partial charge >= 0.3 is 0 Å². The largest absolute Gasteiger partial charge is 0.492 e. The average Bonchev–Trinajstić information content (AvgIpc) is 2.78. The molecule has 0 spiro atoms. The fraction of sp³-hybridized carbons (Fsp3) is 0.667. The molecule has 3 heteroatoms. The SMILES string of the molecule is COC1=C(C)C2=CC=C3[C@@](C)(CC[C@@]4(C)[C@@H]5C[C@](C)(C#N)CC[C@]5(C)CC[C@]34C)C2=CC1=O. The van der Waals surface area contributed by atoms with Crippen LogP contribution in [-0.4, -0.2) is 12.9 Å². The van der Waals surface area contributed by atoms with Gasteiger partial charge in [0, 0.05) is 11.0 Å². The summed E-state index contributed by atoms with van der Waals surface area (Å²) in [5.41, 5.74) is 5.01. The van der Waals surface area contributed by atoms with Crippen LogP contribution in [0.25, 0.3) is 0 Å². The Balaban J connectivity index is 1.65. The number of carbonyl (C=O) groups excluding carboxylic acids is 1. The highest BCUT2D eigenvalue weighted by molar-refractivity contribution is 6.07. The van der Waals surface area contributed by atoms with Gasteiger partial charge in [0.15, 0.2) is 5.76 Å². The highest BCUT2D eigenvalue weighted by Crippen LogP contribution is 2.75. The Kier molecular flexibility index (Phi) is 4.64. The Morgan fingerprint density at radius 1 is 1.00 bits per heavy atom. The molecule has 5 aliphatic rings. The van der Waals surface area contributed by atoms with Crippen LogP contribution in [0.1, 0.15) is 86.5 Å². The van der Waals surface area contributed by atoms with E-state index in [1.54, 1.807) is 7.11 Å². The molecule has 0 aliphatic heterocycles. The Bertz CT molecular complexity index is 1110. The molecule has 33 heavy (non-hydrogen) atoms. The maximum absolute atomic E-state index is 12.9. The van der Waals surface area contributed by atoms with Crippen LogP contribution in [0, 0.1) is 44.3 Å². The van der Waals surface area contributed by atoms with Gasteiger partial charge < -0.3 is 4.74 Å². The molecule has 6 atom stereocenters. The molecule has 0 heterocycles. The van der Waals surface area contributed by atoms with Crippen molar-refractivity contribution in [1.29, 1.82) is 5.26 Å². The van der Waals surface area contributed by atoms with E-state index in [2.05, 4.69) is 52.8 Å². The summed E-state index contributed by atoms with van der Waals surface area (Å²) >= 11 is 0. The summed E-state index contributed by atoms with van der Waals surface area (Å²) in [5, 5.41) is 9.99. The molecule has 0 aromatic heterocycles. The summed E-state index contributed by atoms with van der Waals surface area (Å²) < 4.78 is 5.45. The Hall–Kier alpha value is -2.08. The number of carbonyl (C=O) groups is 1. The summed E-state index contributed by atoms with van der Waals surface area (Å²) in [6.07, 6.45) is 14.3. The smallest absolute Gasteiger partial charge is 0.220 e. The minimum atomic E-state index is -0.211. The zero-order valence-corrected chi connectivity index (χ0v) is 21.5. The van der Waals surface area contributed by atoms with Crippen LogP contribution in [0.5, 0.6) is 0 Å². The van der Waals surface area contributed by atoms with Crippen LogP contribution >= 0.6 is 0 Å². The summed E-state index contributed by atoms with van der Waals surface area (Å²) in [4.78, 5) is 12.9. The standard InChI is InChI=1S/C30H39NO2/c1-19-20-8-9-23-28(4,21(20)16-22(32)25(19)33-7)13-15-30(6)24-17-26(2,18-31)10-11-27(24,3)12-14-29(23,30)5/h8-9,16,24H,10-15,17H2,1-7H3/t24-,26-,27-,28+,29-,30+/m1/s1. The van der Waals surface area contributed by atoms with Crippen molar-refractivity contribution in [2.24, 2.45) is 33.0 Å². The number of nitriles is 1. The second kappa shape index (κ2) is 6.74. The maximum atomic E-state index is 12.9. The lowest BCUT2D eigenvalue weighted by molar-refractivity contribution is -0.155. The molecule has 5 rings (SSSR count). The third kappa shape index (κ3) is 2.70. The minimum absolute atomic E-state index is 0.00333. The van der Waals surface area contributed by atoms with E-state index in [1.165, 1.54) is 29.6 Å². The van der Waals surface area contributed by atoms with Gasteiger partial charge in [0.25, 0.3) is 0 Å². The van der Waals surface area contributed by atoms with Gasteiger partial charge in [0.1, 0.15) is 0 Å². The lowest BCUT2D eigenvalue weighted by atomic mass is 9.34. The number of rotatable bonds is 1. The molecular formula is C30H39NO2. The molecule has 0 bridgehead atoms. The van der Waals surface area contributed by atoms with Gasteiger partial charge in [-0.15, -0.1) is 0 Å². The molecule has 3 saturated carbocycles. The zero-order valence-electron chi connectivity index (χ0n) is 21.5. The van der Waals surface area contributed by atoms with E-state index in [0.29, 0.717) is 17.1 Å². The number of ketones is 1. The fourth-order valence-electron chi connectivity index (χ4n) is 8.80. The van der Waals surface area contributed by atoms with E-state index in [1.807, 2.05) is 13.0 Å². The van der Waals surface area contributed by atoms with Crippen LogP contribution < -0.4 is 0 Å². The molecule has 0 radical (unpaired) electrons. The molecule has 176 valence electrons. The van der Waals surface area contributed by atoms with Gasteiger partial charge in [-0.1, -0.05) is 45.4 Å². The topological polar surface area (TPSA) is 50.1 Å². The first-order chi connectivity index (χ1) is 15.4. The summed E-state index contributed by atoms with van der Waals surface area (Å²) in [7, 11) is 1.59. The first kappa shape index (κ1) is 22.7. The highest BCUT2D eigenvalue weighted by atomic mass is 16.5. The Morgan fingerprint density at radius 2 is 1.70 bits per heavy atom. The van der Waals surface area contributed by atoms with Crippen LogP contribution in [0.4, 0.5) is 0 Å². The lowest BCUT2D eigenvalue weighted by Crippen LogP contribution is -2.61. The lowest BCUT2D eigenvalue weighted by Gasteiger charge is -2.69. The van der Waals surface area contributed by atoms with Crippen molar-refractivity contribution in [3.63, 3.8) is 0 Å². The number of fused-ring (bicyclic) bond motifs is 7. The highest BCUT2D eigenvalue weighted by Gasteiger charge is 2.66.